The molecular weight excluding hydrogens is 244 g/mol. The number of carbonyl (C=O) groups excluding carboxylic acids is 1. The molecule has 5 nitrogen and oxygen atoms in total. The number of carbonyl (C=O) groups is 1. The Kier molecular flexibility index (Phi) is 5.19. The van der Waals surface area contributed by atoms with E-state index in [-0.39, 0.29) is 12.1 Å². The molecule has 2 saturated heterocycles. The third-order valence-electron chi connectivity index (χ3n) is 4.04. The minimum Gasteiger partial charge on any atom is -0.465 e. The molecule has 0 saturated carbocycles. The molecule has 2 fully saturated rings. The van der Waals surface area contributed by atoms with Gasteiger partial charge in [0.1, 0.15) is 5.54 Å². The molecule has 2 unspecified atom stereocenters. The van der Waals surface area contributed by atoms with Crippen LogP contribution in [0.1, 0.15) is 32.6 Å². The highest BCUT2D eigenvalue weighted by Gasteiger charge is 2.42. The SMILES string of the molecule is CCOC(=O)C1(NCC2CCCO2)CCCN(C)C1. The van der Waals surface area contributed by atoms with Crippen LogP contribution in [0.4, 0.5) is 0 Å². The Morgan fingerprint density at radius 3 is 3.00 bits per heavy atom. The molecule has 2 aliphatic heterocycles. The zero-order valence-corrected chi connectivity index (χ0v) is 12.1. The van der Waals surface area contributed by atoms with Crippen LogP contribution in [0.25, 0.3) is 0 Å². The molecule has 19 heavy (non-hydrogen) atoms. The summed E-state index contributed by atoms with van der Waals surface area (Å²) in [4.78, 5) is 14.5. The highest BCUT2D eigenvalue weighted by molar-refractivity contribution is 5.81. The van der Waals surface area contributed by atoms with E-state index in [0.29, 0.717) is 6.61 Å². The first-order valence-electron chi connectivity index (χ1n) is 7.39. The maximum Gasteiger partial charge on any atom is 0.327 e. The van der Waals surface area contributed by atoms with Gasteiger partial charge in [-0.2, -0.15) is 0 Å². The number of likely N-dealkylation sites (N-methyl/N-ethyl adjacent to an activating group) is 1. The molecule has 110 valence electrons. The fourth-order valence-electron chi connectivity index (χ4n) is 3.04. The Morgan fingerprint density at radius 1 is 1.53 bits per heavy atom. The molecule has 5 heteroatoms. The lowest BCUT2D eigenvalue weighted by Gasteiger charge is -2.40. The van der Waals surface area contributed by atoms with Crippen LogP contribution >= 0.6 is 0 Å². The predicted molar refractivity (Wildman–Crippen MR) is 73.1 cm³/mol. The molecule has 2 aliphatic rings. The van der Waals surface area contributed by atoms with Gasteiger partial charge in [0.2, 0.25) is 0 Å². The quantitative estimate of drug-likeness (QED) is 0.748. The average molecular weight is 270 g/mol. The summed E-state index contributed by atoms with van der Waals surface area (Å²) in [7, 11) is 2.06. The van der Waals surface area contributed by atoms with Gasteiger partial charge in [-0.1, -0.05) is 0 Å². The lowest BCUT2D eigenvalue weighted by molar-refractivity contribution is -0.154. The molecule has 0 bridgehead atoms. The normalized spacial score (nSPS) is 32.4. The lowest BCUT2D eigenvalue weighted by Crippen LogP contribution is -2.62. The van der Waals surface area contributed by atoms with Crippen molar-refractivity contribution in [3.05, 3.63) is 0 Å². The minimum absolute atomic E-state index is 0.112. The first-order valence-corrected chi connectivity index (χ1v) is 7.39. The van der Waals surface area contributed by atoms with Gasteiger partial charge in [0.25, 0.3) is 0 Å². The van der Waals surface area contributed by atoms with Crippen molar-refractivity contribution in [2.45, 2.75) is 44.2 Å². The Bertz CT molecular complexity index is 305. The number of ether oxygens (including phenoxy) is 2. The Balaban J connectivity index is 1.97. The summed E-state index contributed by atoms with van der Waals surface area (Å²) in [6, 6.07) is 0. The van der Waals surface area contributed by atoms with Crippen molar-refractivity contribution in [3.63, 3.8) is 0 Å². The van der Waals surface area contributed by atoms with Crippen LogP contribution in [0.2, 0.25) is 0 Å². The average Bonchev–Trinajstić information content (AvgIpc) is 2.90. The van der Waals surface area contributed by atoms with Crippen molar-refractivity contribution in [2.24, 2.45) is 0 Å². The Hall–Kier alpha value is -0.650. The van der Waals surface area contributed by atoms with E-state index in [2.05, 4.69) is 17.3 Å². The summed E-state index contributed by atoms with van der Waals surface area (Å²) in [6.45, 7) is 5.65. The van der Waals surface area contributed by atoms with Crippen molar-refractivity contribution in [1.29, 1.82) is 0 Å². The van der Waals surface area contributed by atoms with E-state index < -0.39 is 5.54 Å². The van der Waals surface area contributed by atoms with Crippen LogP contribution in [-0.2, 0) is 14.3 Å². The van der Waals surface area contributed by atoms with Gasteiger partial charge in [-0.3, -0.25) is 5.32 Å². The van der Waals surface area contributed by atoms with Crippen molar-refractivity contribution >= 4 is 5.97 Å². The molecule has 0 aromatic heterocycles. The maximum absolute atomic E-state index is 12.3. The Morgan fingerprint density at radius 2 is 2.37 bits per heavy atom. The van der Waals surface area contributed by atoms with Crippen LogP contribution in [0, 0.1) is 0 Å². The summed E-state index contributed by atoms with van der Waals surface area (Å²) in [5.74, 6) is -0.112. The highest BCUT2D eigenvalue weighted by Crippen LogP contribution is 2.23. The third-order valence-corrected chi connectivity index (χ3v) is 4.04. The van der Waals surface area contributed by atoms with Crippen LogP contribution in [0.5, 0.6) is 0 Å². The van der Waals surface area contributed by atoms with E-state index in [1.165, 1.54) is 0 Å². The largest absolute Gasteiger partial charge is 0.465 e. The van der Waals surface area contributed by atoms with Gasteiger partial charge in [-0.25, -0.2) is 4.79 Å². The fourth-order valence-corrected chi connectivity index (χ4v) is 3.04. The molecule has 2 rings (SSSR count). The van der Waals surface area contributed by atoms with Gasteiger partial charge < -0.3 is 14.4 Å². The summed E-state index contributed by atoms with van der Waals surface area (Å²) < 4.78 is 10.9. The molecule has 0 spiro atoms. The van der Waals surface area contributed by atoms with E-state index in [9.17, 15) is 4.79 Å². The first kappa shape index (κ1) is 14.8. The van der Waals surface area contributed by atoms with Gasteiger partial charge in [0.15, 0.2) is 0 Å². The molecule has 2 atom stereocenters. The molecule has 0 aromatic rings. The Labute approximate surface area is 115 Å². The van der Waals surface area contributed by atoms with Crippen molar-refractivity contribution in [1.82, 2.24) is 10.2 Å². The number of piperidine rings is 1. The number of nitrogens with zero attached hydrogens (tertiary/aromatic N) is 1. The molecule has 0 aromatic carbocycles. The topological polar surface area (TPSA) is 50.8 Å². The number of hydrogen-bond donors (Lipinski definition) is 1. The molecule has 0 aliphatic carbocycles. The maximum atomic E-state index is 12.3. The lowest BCUT2D eigenvalue weighted by atomic mass is 9.89. The fraction of sp³-hybridized carbons (Fsp3) is 0.929. The van der Waals surface area contributed by atoms with Gasteiger partial charge in [-0.05, 0) is 46.2 Å². The minimum atomic E-state index is -0.547. The van der Waals surface area contributed by atoms with Crippen molar-refractivity contribution in [3.8, 4) is 0 Å². The number of hydrogen-bond acceptors (Lipinski definition) is 5. The summed E-state index contributed by atoms with van der Waals surface area (Å²) >= 11 is 0. The van der Waals surface area contributed by atoms with Crippen molar-refractivity contribution < 1.29 is 14.3 Å². The van der Waals surface area contributed by atoms with E-state index in [4.69, 9.17) is 9.47 Å². The van der Waals surface area contributed by atoms with E-state index in [1.807, 2.05) is 6.92 Å². The highest BCUT2D eigenvalue weighted by atomic mass is 16.5. The summed E-state index contributed by atoms with van der Waals surface area (Å²) in [5.41, 5.74) is -0.547. The van der Waals surface area contributed by atoms with Gasteiger partial charge >= 0.3 is 5.97 Å². The standard InChI is InChI=1S/C14H26N2O3/c1-3-18-13(17)14(7-5-8-16(2)11-14)15-10-12-6-4-9-19-12/h12,15H,3-11H2,1-2H3. The number of nitrogens with one attached hydrogen (secondary N) is 1. The zero-order chi connectivity index (χ0) is 13.7. The second-order valence-electron chi connectivity index (χ2n) is 5.66. The van der Waals surface area contributed by atoms with Crippen molar-refractivity contribution in [2.75, 3.05) is 39.9 Å². The van der Waals surface area contributed by atoms with Crippen LogP contribution in [-0.4, -0.2) is 62.4 Å². The van der Waals surface area contributed by atoms with Gasteiger partial charge in [-0.15, -0.1) is 0 Å². The molecular formula is C14H26N2O3. The number of esters is 1. The molecule has 1 N–H and O–H groups in total. The number of rotatable bonds is 5. The smallest absolute Gasteiger partial charge is 0.327 e. The first-order chi connectivity index (χ1) is 9.16. The van der Waals surface area contributed by atoms with E-state index in [1.54, 1.807) is 0 Å². The molecule has 0 amide bonds. The second-order valence-corrected chi connectivity index (χ2v) is 5.66. The van der Waals surface area contributed by atoms with Crippen LogP contribution < -0.4 is 5.32 Å². The van der Waals surface area contributed by atoms with E-state index in [0.717, 1.165) is 51.9 Å². The monoisotopic (exact) mass is 270 g/mol. The van der Waals surface area contributed by atoms with Crippen LogP contribution in [0.3, 0.4) is 0 Å². The zero-order valence-electron chi connectivity index (χ0n) is 12.1. The van der Waals surface area contributed by atoms with Gasteiger partial charge in [0.05, 0.1) is 12.7 Å². The van der Waals surface area contributed by atoms with Crippen LogP contribution in [0.15, 0.2) is 0 Å². The van der Waals surface area contributed by atoms with E-state index >= 15 is 0 Å². The summed E-state index contributed by atoms with van der Waals surface area (Å²) in [6.07, 6.45) is 4.33. The number of likely N-dealkylation sites (tertiary alicyclic amines) is 1. The van der Waals surface area contributed by atoms with Gasteiger partial charge in [0, 0.05) is 19.7 Å². The second kappa shape index (κ2) is 6.68. The predicted octanol–water partition coefficient (Wildman–Crippen LogP) is 0.783. The summed E-state index contributed by atoms with van der Waals surface area (Å²) in [5, 5.41) is 3.45. The molecule has 2 heterocycles. The molecule has 0 radical (unpaired) electrons. The third kappa shape index (κ3) is 3.68.